The summed E-state index contributed by atoms with van der Waals surface area (Å²) in [6, 6.07) is 5.94. The highest BCUT2D eigenvalue weighted by Gasteiger charge is 2.35. The molecule has 7 nitrogen and oxygen atoms in total. The molecule has 0 radical (unpaired) electrons. The first-order valence-electron chi connectivity index (χ1n) is 7.61. The molecule has 0 aliphatic rings. The Morgan fingerprint density at radius 2 is 1.85 bits per heavy atom. The van der Waals surface area contributed by atoms with E-state index in [1.165, 1.54) is 32.2 Å². The van der Waals surface area contributed by atoms with Crippen LogP contribution >= 0.6 is 0 Å². The molecule has 1 heterocycles. The highest BCUT2D eigenvalue weighted by Crippen LogP contribution is 2.20. The smallest absolute Gasteiger partial charge is 0.406 e. The van der Waals surface area contributed by atoms with Crippen molar-refractivity contribution in [2.24, 2.45) is 7.05 Å². The zero-order valence-corrected chi connectivity index (χ0v) is 14.0. The highest BCUT2D eigenvalue weighted by molar-refractivity contribution is 6.05. The molecule has 2 aromatic rings. The fraction of sp³-hybridized carbons (Fsp3) is 0.375. The van der Waals surface area contributed by atoms with Crippen LogP contribution in [0.15, 0.2) is 29.1 Å². The molecule has 1 amide bonds. The van der Waals surface area contributed by atoms with Gasteiger partial charge in [-0.3, -0.25) is 14.4 Å². The van der Waals surface area contributed by atoms with Gasteiger partial charge in [-0.25, -0.2) is 4.68 Å². The van der Waals surface area contributed by atoms with Crippen LogP contribution in [0.2, 0.25) is 0 Å². The van der Waals surface area contributed by atoms with E-state index in [4.69, 9.17) is 0 Å². The van der Waals surface area contributed by atoms with E-state index in [9.17, 15) is 27.6 Å². The maximum absolute atomic E-state index is 12.9. The Morgan fingerprint density at radius 1 is 1.23 bits per heavy atom. The van der Waals surface area contributed by atoms with Gasteiger partial charge >= 0.3 is 12.1 Å². The van der Waals surface area contributed by atoms with E-state index in [0.717, 1.165) is 4.68 Å². The average molecular weight is 371 g/mol. The number of aromatic nitrogens is 2. The summed E-state index contributed by atoms with van der Waals surface area (Å²) in [4.78, 5) is 36.7. The quantitative estimate of drug-likeness (QED) is 0.744. The Morgan fingerprint density at radius 3 is 2.42 bits per heavy atom. The summed E-state index contributed by atoms with van der Waals surface area (Å²) in [5.74, 6) is -2.10. The number of carbonyl (C=O) groups excluding carboxylic acids is 2. The predicted molar refractivity (Wildman–Crippen MR) is 85.6 cm³/mol. The second kappa shape index (κ2) is 7.54. The van der Waals surface area contributed by atoms with Gasteiger partial charge in [0.1, 0.15) is 13.1 Å². The van der Waals surface area contributed by atoms with E-state index < -0.39 is 36.7 Å². The number of hydrogen-bond donors (Lipinski definition) is 0. The van der Waals surface area contributed by atoms with Gasteiger partial charge in [-0.05, 0) is 13.0 Å². The molecule has 0 aliphatic heterocycles. The van der Waals surface area contributed by atoms with Crippen LogP contribution in [0.3, 0.4) is 0 Å². The third-order valence-electron chi connectivity index (χ3n) is 3.44. The van der Waals surface area contributed by atoms with Crippen molar-refractivity contribution < 1.29 is 27.5 Å². The maximum Gasteiger partial charge on any atom is 0.406 e. The predicted octanol–water partition coefficient (Wildman–Crippen LogP) is 1.50. The summed E-state index contributed by atoms with van der Waals surface area (Å²) in [6.07, 6.45) is -4.72. The normalized spacial score (nSPS) is 11.4. The Kier molecular flexibility index (Phi) is 5.63. The van der Waals surface area contributed by atoms with E-state index in [2.05, 4.69) is 9.84 Å². The standard InChI is InChI=1S/C16H16F3N3O4/c1-3-26-12(23)8-22(9-16(17,18)19)15(25)13-10-6-4-5-7-11(10)14(24)21(2)20-13/h4-7H,3,8-9H2,1-2H3. The van der Waals surface area contributed by atoms with Crippen molar-refractivity contribution >= 4 is 22.6 Å². The molecule has 2 rings (SSSR count). The van der Waals surface area contributed by atoms with Gasteiger partial charge in [0.15, 0.2) is 5.69 Å². The summed E-state index contributed by atoms with van der Waals surface area (Å²) < 4.78 is 44.1. The molecule has 140 valence electrons. The number of ether oxygens (including phenoxy) is 1. The number of aryl methyl sites for hydroxylation is 1. The summed E-state index contributed by atoms with van der Waals surface area (Å²) in [5, 5.41) is 4.04. The first-order valence-corrected chi connectivity index (χ1v) is 7.61. The molecule has 0 bridgehead atoms. The lowest BCUT2D eigenvalue weighted by Crippen LogP contribution is -2.43. The molecular formula is C16H16F3N3O4. The monoisotopic (exact) mass is 371 g/mol. The first-order chi connectivity index (χ1) is 12.1. The van der Waals surface area contributed by atoms with Gasteiger partial charge < -0.3 is 9.64 Å². The lowest BCUT2D eigenvalue weighted by Gasteiger charge is -2.23. The number of halogens is 3. The maximum atomic E-state index is 12.9. The molecule has 0 saturated heterocycles. The van der Waals surface area contributed by atoms with Crippen LogP contribution in [-0.2, 0) is 16.6 Å². The Hall–Kier alpha value is -2.91. The minimum Gasteiger partial charge on any atom is -0.465 e. The Labute approximate surface area is 146 Å². The van der Waals surface area contributed by atoms with Gasteiger partial charge in [-0.15, -0.1) is 0 Å². The van der Waals surface area contributed by atoms with E-state index >= 15 is 0 Å². The van der Waals surface area contributed by atoms with Crippen molar-refractivity contribution in [3.05, 3.63) is 40.3 Å². The van der Waals surface area contributed by atoms with Gasteiger partial charge in [0.2, 0.25) is 0 Å². The second-order valence-corrected chi connectivity index (χ2v) is 5.40. The number of carbonyl (C=O) groups is 2. The van der Waals surface area contributed by atoms with Crippen molar-refractivity contribution in [3.63, 3.8) is 0 Å². The van der Waals surface area contributed by atoms with E-state index in [0.29, 0.717) is 4.90 Å². The topological polar surface area (TPSA) is 81.5 Å². The Bertz CT molecular complexity index is 892. The van der Waals surface area contributed by atoms with Crippen molar-refractivity contribution in [2.75, 3.05) is 19.7 Å². The first kappa shape index (κ1) is 19.4. The summed E-state index contributed by atoms with van der Waals surface area (Å²) in [7, 11) is 1.28. The van der Waals surface area contributed by atoms with Gasteiger partial charge in [0.25, 0.3) is 11.5 Å². The molecule has 0 spiro atoms. The van der Waals surface area contributed by atoms with Crippen LogP contribution in [0.25, 0.3) is 10.8 Å². The van der Waals surface area contributed by atoms with E-state index in [1.54, 1.807) is 6.07 Å². The third kappa shape index (κ3) is 4.38. The molecule has 0 unspecified atom stereocenters. The summed E-state index contributed by atoms with van der Waals surface area (Å²) in [6.45, 7) is -1.07. The van der Waals surface area contributed by atoms with Gasteiger partial charge in [0, 0.05) is 12.4 Å². The number of hydrogen-bond acceptors (Lipinski definition) is 5. The zero-order valence-electron chi connectivity index (χ0n) is 14.0. The van der Waals surface area contributed by atoms with Crippen LogP contribution in [0, 0.1) is 0 Å². The minimum atomic E-state index is -4.72. The minimum absolute atomic E-state index is 0.0338. The van der Waals surface area contributed by atoms with Crippen molar-refractivity contribution in [1.29, 1.82) is 0 Å². The number of nitrogens with zero attached hydrogens (tertiary/aromatic N) is 3. The fourth-order valence-corrected chi connectivity index (χ4v) is 2.39. The second-order valence-electron chi connectivity index (χ2n) is 5.40. The van der Waals surface area contributed by atoms with Crippen molar-refractivity contribution in [2.45, 2.75) is 13.1 Å². The lowest BCUT2D eigenvalue weighted by atomic mass is 10.1. The number of amides is 1. The molecule has 0 fully saturated rings. The van der Waals surface area contributed by atoms with Crippen molar-refractivity contribution in [3.8, 4) is 0 Å². The molecule has 26 heavy (non-hydrogen) atoms. The number of esters is 1. The SMILES string of the molecule is CCOC(=O)CN(CC(F)(F)F)C(=O)c1nn(C)c(=O)c2ccccc12. The summed E-state index contributed by atoms with van der Waals surface area (Å²) in [5.41, 5.74) is -0.846. The molecule has 0 aliphatic carbocycles. The molecule has 0 N–H and O–H groups in total. The Balaban J connectivity index is 2.51. The third-order valence-corrected chi connectivity index (χ3v) is 3.44. The van der Waals surface area contributed by atoms with Crippen LogP contribution in [0.4, 0.5) is 13.2 Å². The van der Waals surface area contributed by atoms with Crippen LogP contribution < -0.4 is 5.56 Å². The number of alkyl halides is 3. The molecular weight excluding hydrogens is 355 g/mol. The number of fused-ring (bicyclic) bond motifs is 1. The van der Waals surface area contributed by atoms with E-state index in [-0.39, 0.29) is 23.1 Å². The number of rotatable bonds is 5. The van der Waals surface area contributed by atoms with Gasteiger partial charge in [0.05, 0.1) is 12.0 Å². The molecule has 1 aromatic heterocycles. The van der Waals surface area contributed by atoms with Crippen LogP contribution in [-0.4, -0.2) is 52.4 Å². The summed E-state index contributed by atoms with van der Waals surface area (Å²) >= 11 is 0. The van der Waals surface area contributed by atoms with Gasteiger partial charge in [-0.2, -0.15) is 18.3 Å². The van der Waals surface area contributed by atoms with Crippen LogP contribution in [0.5, 0.6) is 0 Å². The van der Waals surface area contributed by atoms with Gasteiger partial charge in [-0.1, -0.05) is 18.2 Å². The van der Waals surface area contributed by atoms with Crippen LogP contribution in [0.1, 0.15) is 17.4 Å². The largest absolute Gasteiger partial charge is 0.465 e. The molecule has 10 heteroatoms. The zero-order chi connectivity index (χ0) is 19.5. The van der Waals surface area contributed by atoms with E-state index in [1.807, 2.05) is 0 Å². The average Bonchev–Trinajstić information content (AvgIpc) is 2.56. The fourth-order valence-electron chi connectivity index (χ4n) is 2.39. The lowest BCUT2D eigenvalue weighted by molar-refractivity contribution is -0.153. The number of benzene rings is 1. The van der Waals surface area contributed by atoms with Crippen molar-refractivity contribution in [1.82, 2.24) is 14.7 Å². The molecule has 1 aromatic carbocycles. The molecule has 0 atom stereocenters. The molecule has 0 saturated carbocycles. The highest BCUT2D eigenvalue weighted by atomic mass is 19.4.